The van der Waals surface area contributed by atoms with Crippen molar-refractivity contribution in [2.75, 3.05) is 12.3 Å². The topological polar surface area (TPSA) is 137 Å². The van der Waals surface area contributed by atoms with Crippen LogP contribution >= 0.6 is 11.6 Å². The Hall–Kier alpha value is -4.30. The van der Waals surface area contributed by atoms with Crippen molar-refractivity contribution in [1.29, 1.82) is 0 Å². The normalized spacial score (nSPS) is 14.4. The van der Waals surface area contributed by atoms with Gasteiger partial charge in [0.2, 0.25) is 0 Å². The third-order valence-electron chi connectivity index (χ3n) is 5.11. The summed E-state index contributed by atoms with van der Waals surface area (Å²) in [5, 5.41) is 23.0. The average molecular weight is 493 g/mol. The van der Waals surface area contributed by atoms with Crippen LogP contribution < -0.4 is 16.4 Å². The standard InChI is InChI=1S/C22H21ClN4.C4H4O4/c23-19-11-10-15(12-20(19)24)13-25-22-26-14-18(16-6-2-1-3-7-16)17-8-4-5-9-21(17)27-22;5-3(6)1-2-4(7)8/h1-12,18H,13-14,24H2,(H2,25,26,27);1-2H,(H,5,6)(H,7,8)/b;2-1-. The molecule has 3 aromatic rings. The number of halogens is 1. The van der Waals surface area contributed by atoms with Gasteiger partial charge in [0.1, 0.15) is 0 Å². The van der Waals surface area contributed by atoms with Crippen molar-refractivity contribution < 1.29 is 19.8 Å². The van der Waals surface area contributed by atoms with Crippen molar-refractivity contribution in [1.82, 2.24) is 10.6 Å². The van der Waals surface area contributed by atoms with Gasteiger partial charge < -0.3 is 26.6 Å². The number of nitrogens with one attached hydrogen (secondary N) is 2. The maximum atomic E-state index is 9.55. The van der Waals surface area contributed by atoms with Crippen molar-refractivity contribution in [2.45, 2.75) is 12.5 Å². The number of benzene rings is 3. The quantitative estimate of drug-likeness (QED) is 0.266. The van der Waals surface area contributed by atoms with E-state index < -0.39 is 11.9 Å². The van der Waals surface area contributed by atoms with Gasteiger partial charge in [0.25, 0.3) is 0 Å². The maximum Gasteiger partial charge on any atom is 0.328 e. The van der Waals surface area contributed by atoms with Gasteiger partial charge in [-0.05, 0) is 34.9 Å². The zero-order chi connectivity index (χ0) is 25.2. The van der Waals surface area contributed by atoms with Gasteiger partial charge >= 0.3 is 11.9 Å². The van der Waals surface area contributed by atoms with Crippen LogP contribution in [0.3, 0.4) is 0 Å². The van der Waals surface area contributed by atoms with Gasteiger partial charge in [-0.15, -0.1) is 0 Å². The van der Waals surface area contributed by atoms with Crippen LogP contribution in [-0.2, 0) is 16.1 Å². The van der Waals surface area contributed by atoms with Crippen LogP contribution in [0.4, 0.5) is 11.4 Å². The number of carboxylic acid groups (broad SMARTS) is 2. The number of rotatable bonds is 5. The Morgan fingerprint density at radius 3 is 2.34 bits per heavy atom. The lowest BCUT2D eigenvalue weighted by atomic mass is 9.90. The predicted molar refractivity (Wildman–Crippen MR) is 137 cm³/mol. The van der Waals surface area contributed by atoms with Crippen LogP contribution in [0, 0.1) is 0 Å². The first-order chi connectivity index (χ1) is 16.8. The monoisotopic (exact) mass is 492 g/mol. The minimum absolute atomic E-state index is 0.247. The third-order valence-corrected chi connectivity index (χ3v) is 5.45. The molecule has 0 amide bonds. The first-order valence-corrected chi connectivity index (χ1v) is 11.1. The SMILES string of the molecule is Nc1cc(CNC2=Nc3ccccc3C(c3ccccc3)CN2)ccc1Cl.O=C(O)/C=C\C(=O)O. The minimum Gasteiger partial charge on any atom is -0.478 e. The highest BCUT2D eigenvalue weighted by Gasteiger charge is 2.21. The lowest BCUT2D eigenvalue weighted by Crippen LogP contribution is -2.38. The van der Waals surface area contributed by atoms with Crippen LogP contribution in [0.25, 0.3) is 0 Å². The van der Waals surface area contributed by atoms with Crippen molar-refractivity contribution in [3.8, 4) is 0 Å². The van der Waals surface area contributed by atoms with E-state index in [4.69, 9.17) is 32.5 Å². The molecule has 9 heteroatoms. The Labute approximate surface area is 207 Å². The zero-order valence-corrected chi connectivity index (χ0v) is 19.4. The number of fused-ring (bicyclic) bond motifs is 1. The van der Waals surface area contributed by atoms with E-state index in [-0.39, 0.29) is 5.92 Å². The second-order valence-electron chi connectivity index (χ2n) is 7.58. The van der Waals surface area contributed by atoms with Crippen LogP contribution in [0.15, 0.2) is 89.9 Å². The third kappa shape index (κ3) is 7.62. The molecule has 1 atom stereocenters. The summed E-state index contributed by atoms with van der Waals surface area (Å²) in [7, 11) is 0. The summed E-state index contributed by atoms with van der Waals surface area (Å²) in [4.78, 5) is 23.9. The fourth-order valence-corrected chi connectivity index (χ4v) is 3.59. The Morgan fingerprint density at radius 2 is 1.69 bits per heavy atom. The Kier molecular flexibility index (Phi) is 8.86. The molecule has 6 N–H and O–H groups in total. The number of nitrogens with two attached hydrogens (primary N) is 1. The van der Waals surface area contributed by atoms with Crippen LogP contribution in [-0.4, -0.2) is 34.7 Å². The molecule has 0 spiro atoms. The van der Waals surface area contributed by atoms with Gasteiger partial charge in [0, 0.05) is 31.2 Å². The van der Waals surface area contributed by atoms with Crippen LogP contribution in [0.2, 0.25) is 5.02 Å². The number of hydrogen-bond acceptors (Lipinski definition) is 6. The highest BCUT2D eigenvalue weighted by atomic mass is 35.5. The van der Waals surface area contributed by atoms with Crippen LogP contribution in [0.1, 0.15) is 22.6 Å². The molecule has 0 saturated heterocycles. The van der Waals surface area contributed by atoms with Crippen molar-refractivity contribution in [3.05, 3.63) is 107 Å². The molecule has 8 nitrogen and oxygen atoms in total. The van der Waals surface area contributed by atoms with Gasteiger partial charge in [0.05, 0.1) is 16.4 Å². The Bertz CT molecular complexity index is 1230. The van der Waals surface area contributed by atoms with E-state index in [0.29, 0.717) is 29.4 Å². The van der Waals surface area contributed by atoms with Crippen molar-refractivity contribution in [2.24, 2.45) is 4.99 Å². The van der Waals surface area contributed by atoms with Crippen LogP contribution in [0.5, 0.6) is 0 Å². The lowest BCUT2D eigenvalue weighted by Gasteiger charge is -2.18. The molecule has 0 saturated carbocycles. The summed E-state index contributed by atoms with van der Waals surface area (Å²) in [5.74, 6) is -1.51. The molecule has 1 heterocycles. The number of carbonyl (C=O) groups is 2. The van der Waals surface area contributed by atoms with E-state index in [1.54, 1.807) is 0 Å². The smallest absolute Gasteiger partial charge is 0.328 e. The number of guanidine groups is 1. The van der Waals surface area contributed by atoms with Gasteiger partial charge in [-0.1, -0.05) is 66.2 Å². The van der Waals surface area contributed by atoms with Crippen molar-refractivity contribution >= 4 is 40.9 Å². The highest BCUT2D eigenvalue weighted by Crippen LogP contribution is 2.33. The molecule has 1 aliphatic rings. The molecular formula is C26H25ClN4O4. The largest absolute Gasteiger partial charge is 0.478 e. The molecule has 0 bridgehead atoms. The number of aliphatic imine (C=N–C) groups is 1. The van der Waals surface area contributed by atoms with Gasteiger partial charge in [0.15, 0.2) is 5.96 Å². The van der Waals surface area contributed by atoms with Gasteiger partial charge in [-0.3, -0.25) is 0 Å². The number of carboxylic acids is 2. The number of nitrogens with zero attached hydrogens (tertiary/aromatic N) is 1. The first kappa shape index (κ1) is 25.3. The molecule has 4 rings (SSSR count). The van der Waals surface area contributed by atoms with E-state index in [2.05, 4.69) is 53.1 Å². The molecule has 3 aromatic carbocycles. The minimum atomic E-state index is -1.26. The molecule has 0 aliphatic carbocycles. The molecule has 1 aliphatic heterocycles. The Balaban J connectivity index is 0.000000371. The summed E-state index contributed by atoms with van der Waals surface area (Å²) in [5.41, 5.74) is 11.0. The molecular weight excluding hydrogens is 468 g/mol. The fourth-order valence-electron chi connectivity index (χ4n) is 3.47. The highest BCUT2D eigenvalue weighted by molar-refractivity contribution is 6.33. The van der Waals surface area contributed by atoms with E-state index in [0.717, 1.165) is 23.8 Å². The fraction of sp³-hybridized carbons (Fsp3) is 0.115. The number of hydrogen-bond donors (Lipinski definition) is 5. The maximum absolute atomic E-state index is 9.55. The number of para-hydroxylation sites is 1. The van der Waals surface area contributed by atoms with E-state index in [1.807, 2.05) is 30.3 Å². The number of aliphatic carboxylic acids is 2. The van der Waals surface area contributed by atoms with E-state index in [1.165, 1.54) is 11.1 Å². The first-order valence-electron chi connectivity index (χ1n) is 10.7. The second kappa shape index (κ2) is 12.2. The Morgan fingerprint density at radius 1 is 1.03 bits per heavy atom. The van der Waals surface area contributed by atoms with Crippen molar-refractivity contribution in [3.63, 3.8) is 0 Å². The average Bonchev–Trinajstić information content (AvgIpc) is 3.04. The summed E-state index contributed by atoms with van der Waals surface area (Å²) < 4.78 is 0. The summed E-state index contributed by atoms with van der Waals surface area (Å²) in [6, 6.07) is 24.5. The second-order valence-corrected chi connectivity index (χ2v) is 7.99. The van der Waals surface area contributed by atoms with E-state index in [9.17, 15) is 9.59 Å². The summed E-state index contributed by atoms with van der Waals surface area (Å²) in [6.07, 6.45) is 1.12. The van der Waals surface area contributed by atoms with E-state index >= 15 is 0 Å². The van der Waals surface area contributed by atoms with Gasteiger partial charge in [-0.25, -0.2) is 14.6 Å². The zero-order valence-electron chi connectivity index (χ0n) is 18.7. The lowest BCUT2D eigenvalue weighted by molar-refractivity contribution is -0.134. The molecule has 0 fully saturated rings. The van der Waals surface area contributed by atoms with Gasteiger partial charge in [-0.2, -0.15) is 0 Å². The molecule has 180 valence electrons. The molecule has 35 heavy (non-hydrogen) atoms. The number of anilines is 1. The predicted octanol–water partition coefficient (Wildman–Crippen LogP) is 4.15. The molecule has 0 aromatic heterocycles. The molecule has 0 radical (unpaired) electrons. The summed E-state index contributed by atoms with van der Waals surface area (Å²) in [6.45, 7) is 1.39. The number of nitrogen functional groups attached to an aromatic ring is 1. The summed E-state index contributed by atoms with van der Waals surface area (Å²) >= 11 is 6.00. The molecule has 1 unspecified atom stereocenters.